The molecule has 1 saturated carbocycles. The van der Waals surface area contributed by atoms with Crippen LogP contribution in [0.1, 0.15) is 46.0 Å². The van der Waals surface area contributed by atoms with Gasteiger partial charge in [0.2, 0.25) is 0 Å². The molecule has 0 N–H and O–H groups in total. The Balaban J connectivity index is 2.54. The largest absolute Gasteiger partial charge is 0.632 e. The fourth-order valence-electron chi connectivity index (χ4n) is 2.72. The number of nitrogens with zero attached hydrogens (tertiary/aromatic N) is 1. The molecule has 0 amide bonds. The lowest BCUT2D eigenvalue weighted by atomic mass is 9.93. The molecule has 1 rings (SSSR count). The van der Waals surface area contributed by atoms with E-state index in [0.29, 0.717) is 0 Å². The molecule has 1 fully saturated rings. The van der Waals surface area contributed by atoms with Crippen LogP contribution < -0.4 is 0 Å². The number of quaternary nitrogens is 1. The summed E-state index contributed by atoms with van der Waals surface area (Å²) in [4.78, 5) is 21.6. The number of carbonyl (C=O) groups is 2. The van der Waals surface area contributed by atoms with Crippen molar-refractivity contribution in [3.05, 3.63) is 5.21 Å². The zero-order valence-corrected chi connectivity index (χ0v) is 12.4. The molecule has 6 nitrogen and oxygen atoms in total. The number of esters is 2. The Morgan fingerprint density at radius 3 is 1.85 bits per heavy atom. The number of carbonyl (C=O) groups excluding carboxylic acids is 2. The highest BCUT2D eigenvalue weighted by Gasteiger charge is 2.30. The van der Waals surface area contributed by atoms with E-state index in [9.17, 15) is 14.8 Å². The van der Waals surface area contributed by atoms with Crippen molar-refractivity contribution in [2.45, 2.75) is 52.0 Å². The first-order chi connectivity index (χ1) is 9.44. The molecule has 0 aliphatic heterocycles. The molecule has 0 aromatic heterocycles. The third kappa shape index (κ3) is 5.88. The van der Waals surface area contributed by atoms with Crippen LogP contribution in [0.4, 0.5) is 0 Å². The fraction of sp³-hybridized carbons (Fsp3) is 0.857. The number of hydrogen-bond donors (Lipinski definition) is 0. The van der Waals surface area contributed by atoms with Crippen molar-refractivity contribution in [3.63, 3.8) is 0 Å². The monoisotopic (exact) mass is 287 g/mol. The molecule has 0 saturated heterocycles. The lowest BCUT2D eigenvalue weighted by molar-refractivity contribution is -0.907. The van der Waals surface area contributed by atoms with Crippen LogP contribution in [0.15, 0.2) is 0 Å². The van der Waals surface area contributed by atoms with Gasteiger partial charge in [0, 0.05) is 13.8 Å². The van der Waals surface area contributed by atoms with Gasteiger partial charge < -0.3 is 19.3 Å². The first kappa shape index (κ1) is 16.9. The SMILES string of the molecule is CC(=O)OCC[N+]([O-])(CCOC(C)=O)C1CCCCC1. The minimum atomic E-state index is -0.430. The van der Waals surface area contributed by atoms with Crippen molar-refractivity contribution in [1.29, 1.82) is 0 Å². The maximum absolute atomic E-state index is 13.0. The number of hydroxylamine groups is 3. The third-order valence-corrected chi connectivity index (χ3v) is 3.79. The van der Waals surface area contributed by atoms with Gasteiger partial charge in [-0.25, -0.2) is 0 Å². The van der Waals surface area contributed by atoms with Gasteiger partial charge in [-0.2, -0.15) is 0 Å². The second-order valence-corrected chi connectivity index (χ2v) is 5.37. The Hall–Kier alpha value is -1.14. The molecule has 116 valence electrons. The van der Waals surface area contributed by atoms with Crippen LogP contribution >= 0.6 is 0 Å². The molecular formula is C14H25NO5. The Labute approximate surface area is 120 Å². The van der Waals surface area contributed by atoms with Crippen LogP contribution in [0.3, 0.4) is 0 Å². The van der Waals surface area contributed by atoms with E-state index >= 15 is 0 Å². The molecule has 0 unspecified atom stereocenters. The van der Waals surface area contributed by atoms with E-state index in [1.165, 1.54) is 20.3 Å². The molecule has 0 aromatic rings. The van der Waals surface area contributed by atoms with Crippen LogP contribution in [-0.2, 0) is 19.1 Å². The van der Waals surface area contributed by atoms with E-state index in [1.54, 1.807) is 0 Å². The highest BCUT2D eigenvalue weighted by atomic mass is 16.6. The van der Waals surface area contributed by atoms with E-state index in [0.717, 1.165) is 25.7 Å². The van der Waals surface area contributed by atoms with Gasteiger partial charge in [-0.1, -0.05) is 6.42 Å². The van der Waals surface area contributed by atoms with Gasteiger partial charge in [-0.05, 0) is 25.7 Å². The quantitative estimate of drug-likeness (QED) is 0.405. The first-order valence-corrected chi connectivity index (χ1v) is 7.28. The van der Waals surface area contributed by atoms with Crippen molar-refractivity contribution in [1.82, 2.24) is 0 Å². The summed E-state index contributed by atoms with van der Waals surface area (Å²) in [6.45, 7) is 3.36. The van der Waals surface area contributed by atoms with Crippen LogP contribution in [0.25, 0.3) is 0 Å². The Morgan fingerprint density at radius 2 is 1.45 bits per heavy atom. The summed E-state index contributed by atoms with van der Waals surface area (Å²) in [6.07, 6.45) is 5.08. The van der Waals surface area contributed by atoms with Gasteiger partial charge in [-0.3, -0.25) is 9.59 Å². The summed E-state index contributed by atoms with van der Waals surface area (Å²) in [5.74, 6) is -0.750. The molecule has 0 atom stereocenters. The Kier molecular flexibility index (Phi) is 6.95. The van der Waals surface area contributed by atoms with Gasteiger partial charge in [0.1, 0.15) is 26.3 Å². The van der Waals surface area contributed by atoms with Crippen molar-refractivity contribution in [3.8, 4) is 0 Å². The predicted molar refractivity (Wildman–Crippen MR) is 73.5 cm³/mol. The Bertz CT molecular complexity index is 306. The topological polar surface area (TPSA) is 75.7 Å². The van der Waals surface area contributed by atoms with E-state index in [2.05, 4.69) is 0 Å². The van der Waals surface area contributed by atoms with Gasteiger partial charge in [0.05, 0.1) is 6.04 Å². The summed E-state index contributed by atoms with van der Waals surface area (Å²) < 4.78 is 9.36. The second-order valence-electron chi connectivity index (χ2n) is 5.37. The van der Waals surface area contributed by atoms with Crippen LogP contribution in [0.2, 0.25) is 0 Å². The lowest BCUT2D eigenvalue weighted by Crippen LogP contribution is -2.55. The molecular weight excluding hydrogens is 262 g/mol. The molecule has 1 aliphatic carbocycles. The van der Waals surface area contributed by atoms with E-state index in [-0.39, 0.29) is 44.3 Å². The molecule has 6 heteroatoms. The molecule has 0 spiro atoms. The molecule has 0 aromatic carbocycles. The zero-order chi connectivity index (χ0) is 15.0. The standard InChI is InChI=1S/C14H25NO5/c1-12(16)19-10-8-15(18,9-11-20-13(2)17)14-6-4-3-5-7-14/h14H,3-11H2,1-2H3. The second kappa shape index (κ2) is 8.21. The minimum Gasteiger partial charge on any atom is -0.632 e. The third-order valence-electron chi connectivity index (χ3n) is 3.79. The summed E-state index contributed by atoms with van der Waals surface area (Å²) in [6, 6.07) is 0.0230. The summed E-state index contributed by atoms with van der Waals surface area (Å²) in [5, 5.41) is 13.0. The maximum atomic E-state index is 13.0. The van der Waals surface area contributed by atoms with Gasteiger partial charge in [0.15, 0.2) is 0 Å². The zero-order valence-electron chi connectivity index (χ0n) is 12.4. The maximum Gasteiger partial charge on any atom is 0.302 e. The molecule has 0 heterocycles. The van der Waals surface area contributed by atoms with Crippen molar-refractivity contribution in [2.24, 2.45) is 0 Å². The average molecular weight is 287 g/mol. The van der Waals surface area contributed by atoms with Crippen molar-refractivity contribution < 1.29 is 23.7 Å². The number of hydrogen-bond acceptors (Lipinski definition) is 5. The average Bonchev–Trinajstić information content (AvgIpc) is 2.39. The van der Waals surface area contributed by atoms with E-state index in [4.69, 9.17) is 9.47 Å². The lowest BCUT2D eigenvalue weighted by Gasteiger charge is -2.49. The highest BCUT2D eigenvalue weighted by molar-refractivity contribution is 5.66. The summed E-state index contributed by atoms with van der Waals surface area (Å²) in [7, 11) is 0. The molecule has 1 aliphatic rings. The fourth-order valence-corrected chi connectivity index (χ4v) is 2.72. The highest BCUT2D eigenvalue weighted by Crippen LogP contribution is 2.27. The van der Waals surface area contributed by atoms with Crippen LogP contribution in [0.5, 0.6) is 0 Å². The minimum absolute atomic E-state index is 0.0230. The van der Waals surface area contributed by atoms with Crippen LogP contribution in [0, 0.1) is 5.21 Å². The van der Waals surface area contributed by atoms with E-state index < -0.39 is 4.65 Å². The predicted octanol–water partition coefficient (Wildman–Crippen LogP) is 1.76. The van der Waals surface area contributed by atoms with Crippen LogP contribution in [-0.4, -0.2) is 48.9 Å². The molecule has 0 bridgehead atoms. The number of rotatable bonds is 7. The smallest absolute Gasteiger partial charge is 0.302 e. The number of ether oxygens (including phenoxy) is 2. The summed E-state index contributed by atoms with van der Waals surface area (Å²) >= 11 is 0. The van der Waals surface area contributed by atoms with Gasteiger partial charge in [0.25, 0.3) is 0 Å². The Morgan fingerprint density at radius 1 is 1.00 bits per heavy atom. The first-order valence-electron chi connectivity index (χ1n) is 7.28. The molecule has 20 heavy (non-hydrogen) atoms. The normalized spacial score (nSPS) is 16.8. The van der Waals surface area contributed by atoms with Crippen molar-refractivity contribution >= 4 is 11.9 Å². The van der Waals surface area contributed by atoms with Gasteiger partial charge >= 0.3 is 11.9 Å². The summed E-state index contributed by atoms with van der Waals surface area (Å²) in [5.41, 5.74) is 0. The molecule has 0 radical (unpaired) electrons. The van der Waals surface area contributed by atoms with Crippen molar-refractivity contribution in [2.75, 3.05) is 26.3 Å². The van der Waals surface area contributed by atoms with Gasteiger partial charge in [-0.15, -0.1) is 0 Å². The van der Waals surface area contributed by atoms with E-state index in [1.807, 2.05) is 0 Å².